The van der Waals surface area contributed by atoms with Crippen molar-refractivity contribution >= 4 is 11.9 Å². The van der Waals surface area contributed by atoms with Gasteiger partial charge in [-0.25, -0.2) is 0 Å². The largest absolute Gasteiger partial charge is 0.481 e. The van der Waals surface area contributed by atoms with E-state index in [0.29, 0.717) is 30.6 Å². The van der Waals surface area contributed by atoms with Gasteiger partial charge in [-0.15, -0.1) is 0 Å². The zero-order valence-electron chi connectivity index (χ0n) is 11.1. The van der Waals surface area contributed by atoms with E-state index in [9.17, 15) is 14.4 Å². The number of carboxylic acids is 1. The fraction of sp³-hybridized carbons (Fsp3) is 0.462. The molecular formula is C13H18N2O4. The van der Waals surface area contributed by atoms with Crippen LogP contribution in [0.25, 0.3) is 0 Å². The Hall–Kier alpha value is -2.11. The van der Waals surface area contributed by atoms with Gasteiger partial charge in [0.2, 0.25) is 0 Å². The lowest BCUT2D eigenvalue weighted by Gasteiger charge is -2.07. The number of carboxylic acid groups (broad SMARTS) is 1. The second kappa shape index (κ2) is 6.72. The van der Waals surface area contributed by atoms with Crippen LogP contribution in [0.4, 0.5) is 0 Å². The highest BCUT2D eigenvalue weighted by Crippen LogP contribution is 2.03. The highest BCUT2D eigenvalue weighted by atomic mass is 16.4. The van der Waals surface area contributed by atoms with E-state index in [1.54, 1.807) is 19.9 Å². The van der Waals surface area contributed by atoms with Crippen LogP contribution in [0.2, 0.25) is 0 Å². The zero-order chi connectivity index (χ0) is 14.4. The van der Waals surface area contributed by atoms with Crippen LogP contribution < -0.4 is 10.9 Å². The average Bonchev–Trinajstić information content (AvgIpc) is 2.26. The van der Waals surface area contributed by atoms with Gasteiger partial charge < -0.3 is 15.4 Å². The van der Waals surface area contributed by atoms with E-state index in [1.165, 1.54) is 0 Å². The molecule has 6 heteroatoms. The Balaban J connectivity index is 2.55. The summed E-state index contributed by atoms with van der Waals surface area (Å²) in [5.74, 6) is -1.27. The van der Waals surface area contributed by atoms with Crippen LogP contribution in [0.15, 0.2) is 10.9 Å². The fourth-order valence-electron chi connectivity index (χ4n) is 1.83. The van der Waals surface area contributed by atoms with E-state index >= 15 is 0 Å². The van der Waals surface area contributed by atoms with Crippen LogP contribution in [0.3, 0.4) is 0 Å². The highest BCUT2D eigenvalue weighted by molar-refractivity contribution is 5.95. The smallest absolute Gasteiger partial charge is 0.303 e. The Bertz CT molecular complexity index is 534. The van der Waals surface area contributed by atoms with Crippen molar-refractivity contribution in [1.82, 2.24) is 10.3 Å². The molecule has 1 aromatic rings. The number of aryl methyl sites for hydroxylation is 2. The van der Waals surface area contributed by atoms with Crippen molar-refractivity contribution in [3.05, 3.63) is 33.2 Å². The molecule has 0 bridgehead atoms. The zero-order valence-corrected chi connectivity index (χ0v) is 11.1. The van der Waals surface area contributed by atoms with Crippen molar-refractivity contribution in [3.63, 3.8) is 0 Å². The molecule has 104 valence electrons. The molecule has 0 saturated heterocycles. The van der Waals surface area contributed by atoms with Gasteiger partial charge in [0.05, 0.1) is 0 Å². The number of amides is 1. The minimum Gasteiger partial charge on any atom is -0.481 e. The molecule has 0 aliphatic rings. The lowest BCUT2D eigenvalue weighted by molar-refractivity contribution is -0.137. The number of pyridine rings is 1. The molecule has 0 spiro atoms. The molecule has 0 fully saturated rings. The number of rotatable bonds is 6. The molecule has 0 atom stereocenters. The maximum atomic E-state index is 11.8. The Morgan fingerprint density at radius 1 is 1.32 bits per heavy atom. The molecule has 1 amide bonds. The normalized spacial score (nSPS) is 10.2. The lowest BCUT2D eigenvalue weighted by Crippen LogP contribution is -2.31. The standard InChI is InChI=1S/C13H18N2O4/c1-8-7-9(2)15-13(19)11(8)12(18)14-6-4-3-5-10(16)17/h7H,3-6H2,1-2H3,(H,14,18)(H,15,19)(H,16,17). The van der Waals surface area contributed by atoms with Gasteiger partial charge in [-0.1, -0.05) is 0 Å². The van der Waals surface area contributed by atoms with Crippen LogP contribution in [0, 0.1) is 13.8 Å². The summed E-state index contributed by atoms with van der Waals surface area (Å²) in [5, 5.41) is 11.1. The summed E-state index contributed by atoms with van der Waals surface area (Å²) in [7, 11) is 0. The second-order valence-corrected chi connectivity index (χ2v) is 4.45. The van der Waals surface area contributed by atoms with Crippen molar-refractivity contribution in [3.8, 4) is 0 Å². The summed E-state index contributed by atoms with van der Waals surface area (Å²) >= 11 is 0. The van der Waals surface area contributed by atoms with Gasteiger partial charge >= 0.3 is 5.97 Å². The summed E-state index contributed by atoms with van der Waals surface area (Å²) in [6.07, 6.45) is 1.15. The summed E-state index contributed by atoms with van der Waals surface area (Å²) in [6, 6.07) is 1.74. The number of unbranched alkanes of at least 4 members (excludes halogenated alkanes) is 1. The van der Waals surface area contributed by atoms with E-state index in [-0.39, 0.29) is 12.0 Å². The Labute approximate surface area is 110 Å². The molecule has 0 aromatic carbocycles. The Morgan fingerprint density at radius 3 is 2.58 bits per heavy atom. The van der Waals surface area contributed by atoms with E-state index in [2.05, 4.69) is 10.3 Å². The van der Waals surface area contributed by atoms with E-state index < -0.39 is 17.4 Å². The number of nitrogens with one attached hydrogen (secondary N) is 2. The highest BCUT2D eigenvalue weighted by Gasteiger charge is 2.13. The van der Waals surface area contributed by atoms with Crippen LogP contribution in [0.5, 0.6) is 0 Å². The van der Waals surface area contributed by atoms with Crippen LogP contribution >= 0.6 is 0 Å². The van der Waals surface area contributed by atoms with Gasteiger partial charge in [-0.05, 0) is 38.3 Å². The molecule has 19 heavy (non-hydrogen) atoms. The molecule has 0 aliphatic carbocycles. The van der Waals surface area contributed by atoms with Crippen molar-refractivity contribution < 1.29 is 14.7 Å². The van der Waals surface area contributed by atoms with Gasteiger partial charge in [0, 0.05) is 18.7 Å². The number of aromatic nitrogens is 1. The van der Waals surface area contributed by atoms with Crippen molar-refractivity contribution in [2.45, 2.75) is 33.1 Å². The number of aromatic amines is 1. The molecule has 1 rings (SSSR count). The molecule has 0 radical (unpaired) electrons. The molecule has 1 aromatic heterocycles. The quantitative estimate of drug-likeness (QED) is 0.668. The van der Waals surface area contributed by atoms with E-state index in [1.807, 2.05) is 0 Å². The molecule has 3 N–H and O–H groups in total. The fourth-order valence-corrected chi connectivity index (χ4v) is 1.83. The first-order valence-corrected chi connectivity index (χ1v) is 6.12. The number of H-pyrrole nitrogens is 1. The summed E-state index contributed by atoms with van der Waals surface area (Å²) in [4.78, 5) is 36.4. The van der Waals surface area contributed by atoms with E-state index in [4.69, 9.17) is 5.11 Å². The minimum atomic E-state index is -0.850. The first-order valence-electron chi connectivity index (χ1n) is 6.12. The van der Waals surface area contributed by atoms with Crippen LogP contribution in [0.1, 0.15) is 40.9 Å². The topological polar surface area (TPSA) is 99.3 Å². The SMILES string of the molecule is Cc1cc(C)c(C(=O)NCCCCC(=O)O)c(=O)[nH]1. The van der Waals surface area contributed by atoms with Crippen LogP contribution in [-0.4, -0.2) is 28.5 Å². The number of aliphatic carboxylic acids is 1. The molecule has 6 nitrogen and oxygen atoms in total. The first-order chi connectivity index (χ1) is 8.91. The Morgan fingerprint density at radius 2 is 2.00 bits per heavy atom. The molecule has 1 heterocycles. The third-order valence-electron chi connectivity index (χ3n) is 2.70. The predicted octanol–water partition coefficient (Wildman–Crippen LogP) is 0.976. The third kappa shape index (κ3) is 4.57. The second-order valence-electron chi connectivity index (χ2n) is 4.45. The number of carbonyl (C=O) groups excluding carboxylic acids is 1. The molecule has 0 saturated carbocycles. The van der Waals surface area contributed by atoms with Crippen LogP contribution in [-0.2, 0) is 4.79 Å². The summed E-state index contributed by atoms with van der Waals surface area (Å²) in [5.41, 5.74) is 1.05. The maximum Gasteiger partial charge on any atom is 0.303 e. The maximum absolute atomic E-state index is 11.8. The van der Waals surface area contributed by atoms with Gasteiger partial charge in [0.25, 0.3) is 11.5 Å². The predicted molar refractivity (Wildman–Crippen MR) is 70.4 cm³/mol. The van der Waals surface area contributed by atoms with Gasteiger partial charge in [-0.2, -0.15) is 0 Å². The number of carbonyl (C=O) groups is 2. The minimum absolute atomic E-state index is 0.0833. The van der Waals surface area contributed by atoms with Gasteiger partial charge in [0.15, 0.2) is 0 Å². The molecular weight excluding hydrogens is 248 g/mol. The van der Waals surface area contributed by atoms with Crippen molar-refractivity contribution in [2.24, 2.45) is 0 Å². The number of hydrogen-bond donors (Lipinski definition) is 3. The average molecular weight is 266 g/mol. The summed E-state index contributed by atoms with van der Waals surface area (Å²) in [6.45, 7) is 3.82. The van der Waals surface area contributed by atoms with Gasteiger partial charge in [-0.3, -0.25) is 14.4 Å². The summed E-state index contributed by atoms with van der Waals surface area (Å²) < 4.78 is 0. The first kappa shape index (κ1) is 14.9. The lowest BCUT2D eigenvalue weighted by atomic mass is 10.1. The third-order valence-corrected chi connectivity index (χ3v) is 2.70. The molecule has 0 aliphatic heterocycles. The van der Waals surface area contributed by atoms with E-state index in [0.717, 1.165) is 0 Å². The Kier molecular flexibility index (Phi) is 5.29. The molecule has 0 unspecified atom stereocenters. The van der Waals surface area contributed by atoms with Crippen molar-refractivity contribution in [2.75, 3.05) is 6.54 Å². The number of hydrogen-bond acceptors (Lipinski definition) is 3. The van der Waals surface area contributed by atoms with Gasteiger partial charge in [0.1, 0.15) is 5.56 Å². The monoisotopic (exact) mass is 266 g/mol. The van der Waals surface area contributed by atoms with Crippen molar-refractivity contribution in [1.29, 1.82) is 0 Å².